The number of ether oxygens (including phenoxy) is 1. The van der Waals surface area contributed by atoms with Crippen LogP contribution in [-0.2, 0) is 4.74 Å². The summed E-state index contributed by atoms with van der Waals surface area (Å²) in [5.74, 6) is 0. The predicted molar refractivity (Wildman–Crippen MR) is 83.1 cm³/mol. The largest absolute Gasteiger partial charge is 0.444 e. The molecule has 2 bridgehead atoms. The summed E-state index contributed by atoms with van der Waals surface area (Å²) in [5, 5.41) is 11.0. The fraction of sp³-hybridized carbons (Fsp3) is 0.824. The molecule has 0 aromatic carbocycles. The van der Waals surface area contributed by atoms with Gasteiger partial charge in [0.2, 0.25) is 0 Å². The van der Waals surface area contributed by atoms with Gasteiger partial charge >= 0.3 is 6.09 Å². The van der Waals surface area contributed by atoms with Crippen LogP contribution in [0.5, 0.6) is 0 Å². The summed E-state index contributed by atoms with van der Waals surface area (Å²) < 4.78 is 5.53. The van der Waals surface area contributed by atoms with E-state index >= 15 is 0 Å². The van der Waals surface area contributed by atoms with Crippen LogP contribution in [0.25, 0.3) is 0 Å². The number of rotatable bonds is 1. The van der Waals surface area contributed by atoms with Gasteiger partial charge in [-0.05, 0) is 60.0 Å². The Morgan fingerprint density at radius 1 is 1.14 bits per heavy atom. The Morgan fingerprint density at radius 3 is 2.00 bits per heavy atom. The lowest BCUT2D eigenvalue weighted by atomic mass is 9.79. The van der Waals surface area contributed by atoms with Crippen molar-refractivity contribution in [3.63, 3.8) is 0 Å². The van der Waals surface area contributed by atoms with Crippen LogP contribution >= 0.6 is 0 Å². The smallest absolute Gasteiger partial charge is 0.410 e. The van der Waals surface area contributed by atoms with Gasteiger partial charge in [0.25, 0.3) is 0 Å². The van der Waals surface area contributed by atoms with Crippen LogP contribution in [-0.4, -0.2) is 39.4 Å². The zero-order valence-corrected chi connectivity index (χ0v) is 14.2. The van der Waals surface area contributed by atoms with Crippen LogP contribution in [0.2, 0.25) is 0 Å². The molecule has 1 amide bonds. The molecule has 4 heteroatoms. The van der Waals surface area contributed by atoms with Crippen molar-refractivity contribution in [3.8, 4) is 0 Å². The fourth-order valence-corrected chi connectivity index (χ4v) is 3.61. The quantitative estimate of drug-likeness (QED) is 0.751. The topological polar surface area (TPSA) is 49.8 Å². The highest BCUT2D eigenvalue weighted by atomic mass is 16.6. The number of carbonyl (C=O) groups is 1. The third-order valence-electron chi connectivity index (χ3n) is 4.82. The Hall–Kier alpha value is -1.03. The van der Waals surface area contributed by atoms with Crippen LogP contribution < -0.4 is 0 Å². The first kappa shape index (κ1) is 16.3. The van der Waals surface area contributed by atoms with Gasteiger partial charge in [-0.15, -0.1) is 0 Å². The zero-order valence-electron chi connectivity index (χ0n) is 14.2. The van der Waals surface area contributed by atoms with E-state index in [0.29, 0.717) is 12.8 Å². The summed E-state index contributed by atoms with van der Waals surface area (Å²) in [6.07, 6.45) is 2.94. The van der Waals surface area contributed by atoms with Crippen LogP contribution in [0.3, 0.4) is 0 Å². The minimum Gasteiger partial charge on any atom is -0.444 e. The standard InChI is InChI=1S/C17H29NO3/c1-11(2)12(3)17(20)9-13-7-8-14(10-17)18(13)15(19)21-16(4,5)6/h13-14,20H,7-10H2,1-6H3. The van der Waals surface area contributed by atoms with Gasteiger partial charge in [-0.25, -0.2) is 4.79 Å². The fourth-order valence-electron chi connectivity index (χ4n) is 3.61. The molecule has 2 aliphatic heterocycles. The highest BCUT2D eigenvalue weighted by Gasteiger charge is 2.51. The predicted octanol–water partition coefficient (Wildman–Crippen LogP) is 3.64. The molecule has 0 aromatic heterocycles. The van der Waals surface area contributed by atoms with Gasteiger partial charge in [0, 0.05) is 24.9 Å². The Balaban J connectivity index is 2.17. The highest BCUT2D eigenvalue weighted by Crippen LogP contribution is 2.44. The van der Waals surface area contributed by atoms with Gasteiger partial charge in [0.1, 0.15) is 5.60 Å². The molecule has 2 aliphatic rings. The summed E-state index contributed by atoms with van der Waals surface area (Å²) in [7, 11) is 0. The molecule has 21 heavy (non-hydrogen) atoms. The molecule has 2 heterocycles. The van der Waals surface area contributed by atoms with Gasteiger partial charge in [0.15, 0.2) is 0 Å². The van der Waals surface area contributed by atoms with E-state index in [1.165, 1.54) is 5.57 Å². The number of amides is 1. The van der Waals surface area contributed by atoms with Crippen LogP contribution in [0.4, 0.5) is 4.79 Å². The van der Waals surface area contributed by atoms with Gasteiger partial charge < -0.3 is 14.7 Å². The van der Waals surface area contributed by atoms with E-state index in [9.17, 15) is 9.90 Å². The lowest BCUT2D eigenvalue weighted by molar-refractivity contribution is -0.0401. The van der Waals surface area contributed by atoms with Crippen molar-refractivity contribution < 1.29 is 14.6 Å². The summed E-state index contributed by atoms with van der Waals surface area (Å²) in [5.41, 5.74) is 0.995. The number of hydrogen-bond donors (Lipinski definition) is 1. The molecule has 2 rings (SSSR count). The Kier molecular flexibility index (Phi) is 4.13. The van der Waals surface area contributed by atoms with Crippen molar-refractivity contribution in [2.24, 2.45) is 0 Å². The van der Waals surface area contributed by atoms with Crippen molar-refractivity contribution in [1.82, 2.24) is 4.90 Å². The monoisotopic (exact) mass is 295 g/mol. The number of allylic oxidation sites excluding steroid dienone is 1. The van der Waals surface area contributed by atoms with Crippen molar-refractivity contribution in [3.05, 3.63) is 11.1 Å². The molecule has 120 valence electrons. The maximum absolute atomic E-state index is 12.4. The minimum atomic E-state index is -0.761. The molecule has 2 fully saturated rings. The molecular formula is C17H29NO3. The molecular weight excluding hydrogens is 266 g/mol. The summed E-state index contributed by atoms with van der Waals surface area (Å²) in [6, 6.07) is 0.191. The first-order valence-electron chi connectivity index (χ1n) is 7.92. The number of piperidine rings is 1. The zero-order chi connectivity index (χ0) is 16.0. The molecule has 4 nitrogen and oxygen atoms in total. The lowest BCUT2D eigenvalue weighted by Gasteiger charge is -2.44. The molecule has 0 aliphatic carbocycles. The average Bonchev–Trinajstić information content (AvgIpc) is 2.59. The highest BCUT2D eigenvalue weighted by molar-refractivity contribution is 5.70. The van der Waals surface area contributed by atoms with Crippen molar-refractivity contribution in [1.29, 1.82) is 0 Å². The third-order valence-corrected chi connectivity index (χ3v) is 4.82. The number of hydrogen-bond acceptors (Lipinski definition) is 3. The van der Waals surface area contributed by atoms with Crippen LogP contribution in [0.15, 0.2) is 11.1 Å². The van der Waals surface area contributed by atoms with Crippen molar-refractivity contribution in [2.75, 3.05) is 0 Å². The molecule has 2 atom stereocenters. The van der Waals surface area contributed by atoms with Gasteiger partial charge in [-0.2, -0.15) is 0 Å². The Labute approximate surface area is 128 Å². The summed E-state index contributed by atoms with van der Waals surface area (Å²) >= 11 is 0. The van der Waals surface area contributed by atoms with E-state index in [-0.39, 0.29) is 18.2 Å². The number of nitrogens with zero attached hydrogens (tertiary/aromatic N) is 1. The molecule has 0 aromatic rings. The van der Waals surface area contributed by atoms with E-state index in [2.05, 4.69) is 0 Å². The molecule has 0 saturated carbocycles. The first-order chi connectivity index (χ1) is 9.53. The van der Waals surface area contributed by atoms with Crippen molar-refractivity contribution in [2.45, 2.75) is 90.5 Å². The Morgan fingerprint density at radius 2 is 1.62 bits per heavy atom. The maximum atomic E-state index is 12.4. The number of carbonyl (C=O) groups excluding carboxylic acids is 1. The second kappa shape index (κ2) is 5.31. The van der Waals surface area contributed by atoms with Crippen LogP contribution in [0.1, 0.15) is 67.2 Å². The molecule has 1 N–H and O–H groups in total. The minimum absolute atomic E-state index is 0.0953. The molecule has 0 radical (unpaired) electrons. The van der Waals surface area contributed by atoms with E-state index in [4.69, 9.17) is 4.74 Å². The average molecular weight is 295 g/mol. The van der Waals surface area contributed by atoms with Gasteiger partial charge in [-0.3, -0.25) is 0 Å². The maximum Gasteiger partial charge on any atom is 0.410 e. The van der Waals surface area contributed by atoms with Gasteiger partial charge in [-0.1, -0.05) is 5.57 Å². The van der Waals surface area contributed by atoms with Crippen molar-refractivity contribution >= 4 is 6.09 Å². The normalized spacial score (nSPS) is 32.0. The van der Waals surface area contributed by atoms with E-state index in [1.807, 2.05) is 46.4 Å². The van der Waals surface area contributed by atoms with E-state index in [1.54, 1.807) is 0 Å². The van der Waals surface area contributed by atoms with E-state index in [0.717, 1.165) is 18.4 Å². The first-order valence-corrected chi connectivity index (χ1v) is 7.92. The number of aliphatic hydroxyl groups is 1. The third kappa shape index (κ3) is 3.25. The summed E-state index contributed by atoms with van der Waals surface area (Å²) in [4.78, 5) is 14.3. The van der Waals surface area contributed by atoms with E-state index < -0.39 is 11.2 Å². The number of fused-ring (bicyclic) bond motifs is 2. The summed E-state index contributed by atoms with van der Waals surface area (Å²) in [6.45, 7) is 11.8. The SMILES string of the molecule is CC(C)=C(C)C1(O)CC2CCC(C1)N2C(=O)OC(C)(C)C. The molecule has 2 unspecified atom stereocenters. The van der Waals surface area contributed by atoms with Gasteiger partial charge in [0.05, 0.1) is 5.60 Å². The second-order valence-electron chi connectivity index (χ2n) is 7.84. The molecule has 2 saturated heterocycles. The second-order valence-corrected chi connectivity index (χ2v) is 7.84. The van der Waals surface area contributed by atoms with Crippen LogP contribution in [0, 0.1) is 0 Å². The lowest BCUT2D eigenvalue weighted by Crippen LogP contribution is -2.54. The molecule has 0 spiro atoms. The Bertz CT molecular complexity index is 443.